The number of nitro groups is 1. The predicted octanol–water partition coefficient (Wildman–Crippen LogP) is 2.07. The van der Waals surface area contributed by atoms with E-state index in [-0.39, 0.29) is 22.6 Å². The highest BCUT2D eigenvalue weighted by Crippen LogP contribution is 2.28. The third kappa shape index (κ3) is 4.50. The molecule has 0 bridgehead atoms. The molecule has 0 radical (unpaired) electrons. The quantitative estimate of drug-likeness (QED) is 0.332. The maximum absolute atomic E-state index is 12.2. The lowest BCUT2D eigenvalue weighted by molar-refractivity contribution is -0.384. The van der Waals surface area contributed by atoms with Crippen molar-refractivity contribution in [2.24, 2.45) is 0 Å². The molecule has 0 unspecified atom stereocenters. The molecule has 0 aliphatic heterocycles. The molecule has 3 aromatic rings. The van der Waals surface area contributed by atoms with Gasteiger partial charge in [-0.25, -0.2) is 4.79 Å². The Morgan fingerprint density at radius 2 is 1.77 bits per heavy atom. The minimum atomic E-state index is -0.918. The average Bonchev–Trinajstić information content (AvgIpc) is 2.76. The van der Waals surface area contributed by atoms with E-state index in [4.69, 9.17) is 4.74 Å². The molecule has 10 nitrogen and oxygen atoms in total. The number of rotatable bonds is 5. The van der Waals surface area contributed by atoms with Crippen molar-refractivity contribution >= 4 is 34.2 Å². The van der Waals surface area contributed by atoms with Crippen LogP contribution in [0.1, 0.15) is 20.7 Å². The number of aromatic hydroxyl groups is 1. The highest BCUT2D eigenvalue weighted by Gasteiger charge is 2.17. The summed E-state index contributed by atoms with van der Waals surface area (Å²) in [6.07, 6.45) is 0. The van der Waals surface area contributed by atoms with E-state index in [1.807, 2.05) is 5.43 Å². The Labute approximate surface area is 169 Å². The van der Waals surface area contributed by atoms with Crippen molar-refractivity contribution in [2.45, 2.75) is 0 Å². The number of carbonyl (C=O) groups excluding carboxylic acids is 3. The molecule has 0 spiro atoms. The Morgan fingerprint density at radius 3 is 2.53 bits per heavy atom. The van der Waals surface area contributed by atoms with Crippen molar-refractivity contribution in [3.05, 3.63) is 81.9 Å². The van der Waals surface area contributed by atoms with E-state index >= 15 is 0 Å². The molecule has 0 heterocycles. The van der Waals surface area contributed by atoms with Crippen LogP contribution in [0, 0.1) is 10.1 Å². The summed E-state index contributed by atoms with van der Waals surface area (Å²) in [5, 5.41) is 22.2. The zero-order chi connectivity index (χ0) is 21.7. The molecule has 0 atom stereocenters. The van der Waals surface area contributed by atoms with Crippen LogP contribution in [0.2, 0.25) is 0 Å². The van der Waals surface area contributed by atoms with Crippen LogP contribution >= 0.6 is 0 Å². The largest absolute Gasteiger partial charge is 0.506 e. The molecule has 3 N–H and O–H groups in total. The fraction of sp³-hybridized carbons (Fsp3) is 0.0500. The molecule has 0 saturated heterocycles. The minimum absolute atomic E-state index is 0.0393. The van der Waals surface area contributed by atoms with Gasteiger partial charge in [0.25, 0.3) is 17.5 Å². The second-order valence-electron chi connectivity index (χ2n) is 6.07. The van der Waals surface area contributed by atoms with E-state index in [1.165, 1.54) is 24.3 Å². The number of non-ortho nitro benzene ring substituents is 1. The average molecular weight is 409 g/mol. The Morgan fingerprint density at radius 1 is 1.00 bits per heavy atom. The third-order valence-electron chi connectivity index (χ3n) is 4.09. The van der Waals surface area contributed by atoms with Gasteiger partial charge in [0.05, 0.1) is 4.92 Å². The van der Waals surface area contributed by atoms with Crippen LogP contribution in [0.3, 0.4) is 0 Å². The van der Waals surface area contributed by atoms with Crippen molar-refractivity contribution in [1.82, 2.24) is 10.9 Å². The number of phenolic OH excluding ortho intramolecular Hbond substituents is 1. The number of hydrogen-bond acceptors (Lipinski definition) is 7. The molecule has 3 aromatic carbocycles. The van der Waals surface area contributed by atoms with Crippen LogP contribution in [0.5, 0.6) is 5.75 Å². The van der Waals surface area contributed by atoms with Gasteiger partial charge in [0.1, 0.15) is 11.3 Å². The molecule has 10 heteroatoms. The van der Waals surface area contributed by atoms with Gasteiger partial charge in [-0.3, -0.25) is 30.6 Å². The highest BCUT2D eigenvalue weighted by molar-refractivity contribution is 6.01. The van der Waals surface area contributed by atoms with E-state index in [2.05, 4.69) is 5.43 Å². The minimum Gasteiger partial charge on any atom is -0.506 e. The number of amides is 2. The summed E-state index contributed by atoms with van der Waals surface area (Å²) in [6, 6.07) is 14.8. The number of hydrazine groups is 1. The van der Waals surface area contributed by atoms with Crippen LogP contribution in [-0.2, 0) is 9.53 Å². The number of phenols is 1. The summed E-state index contributed by atoms with van der Waals surface area (Å²) in [6.45, 7) is -0.722. The van der Waals surface area contributed by atoms with Gasteiger partial charge in [0.2, 0.25) is 0 Å². The molecule has 30 heavy (non-hydrogen) atoms. The first-order valence-electron chi connectivity index (χ1n) is 8.58. The second-order valence-corrected chi connectivity index (χ2v) is 6.07. The van der Waals surface area contributed by atoms with Gasteiger partial charge in [0.15, 0.2) is 6.61 Å². The molecule has 2 amide bonds. The van der Waals surface area contributed by atoms with E-state index in [1.54, 1.807) is 30.3 Å². The summed E-state index contributed by atoms with van der Waals surface area (Å²) in [7, 11) is 0. The van der Waals surface area contributed by atoms with Crippen LogP contribution in [0.25, 0.3) is 10.8 Å². The first-order valence-corrected chi connectivity index (χ1v) is 8.58. The summed E-state index contributed by atoms with van der Waals surface area (Å²) in [4.78, 5) is 46.0. The molecule has 3 rings (SSSR count). The lowest BCUT2D eigenvalue weighted by Gasteiger charge is -2.10. The van der Waals surface area contributed by atoms with Crippen LogP contribution in [-0.4, -0.2) is 34.4 Å². The lowest BCUT2D eigenvalue weighted by atomic mass is 10.1. The predicted molar refractivity (Wildman–Crippen MR) is 105 cm³/mol. The monoisotopic (exact) mass is 409 g/mol. The second kappa shape index (κ2) is 8.69. The van der Waals surface area contributed by atoms with Crippen LogP contribution < -0.4 is 10.9 Å². The number of nitrogens with zero attached hydrogens (tertiary/aromatic N) is 1. The van der Waals surface area contributed by atoms with Gasteiger partial charge < -0.3 is 9.84 Å². The van der Waals surface area contributed by atoms with E-state index in [0.717, 1.165) is 11.5 Å². The van der Waals surface area contributed by atoms with Gasteiger partial charge in [-0.05, 0) is 17.5 Å². The topological polar surface area (TPSA) is 148 Å². The summed E-state index contributed by atoms with van der Waals surface area (Å²) < 4.78 is 4.86. The number of benzene rings is 3. The number of esters is 1. The molecule has 0 aliphatic rings. The van der Waals surface area contributed by atoms with Crippen molar-refractivity contribution in [2.75, 3.05) is 6.61 Å². The zero-order valence-electron chi connectivity index (χ0n) is 15.3. The maximum atomic E-state index is 12.2. The fourth-order valence-electron chi connectivity index (χ4n) is 2.62. The number of nitrogens with one attached hydrogen (secondary N) is 2. The molecule has 0 fully saturated rings. The summed E-state index contributed by atoms with van der Waals surface area (Å²) in [5.74, 6) is -2.82. The zero-order valence-corrected chi connectivity index (χ0v) is 15.3. The number of nitro benzene ring substituents is 1. The highest BCUT2D eigenvalue weighted by atomic mass is 16.6. The van der Waals surface area contributed by atoms with Crippen molar-refractivity contribution in [3.63, 3.8) is 0 Å². The molecule has 0 saturated carbocycles. The number of ether oxygens (including phenoxy) is 1. The van der Waals surface area contributed by atoms with Crippen molar-refractivity contribution in [3.8, 4) is 5.75 Å². The smallest absolute Gasteiger partial charge is 0.342 e. The molecule has 152 valence electrons. The van der Waals surface area contributed by atoms with Gasteiger partial charge >= 0.3 is 5.97 Å². The van der Waals surface area contributed by atoms with Crippen LogP contribution in [0.15, 0.2) is 60.7 Å². The summed E-state index contributed by atoms with van der Waals surface area (Å²) >= 11 is 0. The molecular formula is C20H15N3O7. The third-order valence-corrected chi connectivity index (χ3v) is 4.09. The Hall–Kier alpha value is -4.47. The Balaban J connectivity index is 1.55. The van der Waals surface area contributed by atoms with Crippen molar-refractivity contribution in [1.29, 1.82) is 0 Å². The normalized spacial score (nSPS) is 10.3. The molecular weight excluding hydrogens is 394 g/mol. The molecule has 0 aliphatic carbocycles. The maximum Gasteiger partial charge on any atom is 0.342 e. The number of carbonyl (C=O) groups is 3. The Kier molecular flexibility index (Phi) is 5.87. The van der Waals surface area contributed by atoms with Gasteiger partial charge in [-0.2, -0.15) is 0 Å². The van der Waals surface area contributed by atoms with Gasteiger partial charge in [-0.1, -0.05) is 36.4 Å². The lowest BCUT2D eigenvalue weighted by Crippen LogP contribution is -2.43. The standard InChI is InChI=1S/C20H15N3O7/c24-17(21-22-19(26)13-5-3-6-14(10-13)23(28)29)11-30-20(27)16-9-8-12-4-1-2-7-15(12)18(16)25/h1-10,25H,11H2,(H,21,24)(H,22,26). The Bertz CT molecular complexity index is 1160. The number of hydrogen-bond donors (Lipinski definition) is 3. The summed E-state index contributed by atoms with van der Waals surface area (Å²) in [5.41, 5.74) is 3.67. The van der Waals surface area contributed by atoms with Gasteiger partial charge in [0, 0.05) is 23.1 Å². The van der Waals surface area contributed by atoms with Crippen LogP contribution in [0.4, 0.5) is 5.69 Å². The van der Waals surface area contributed by atoms with Crippen molar-refractivity contribution < 1.29 is 29.2 Å². The number of fused-ring (bicyclic) bond motifs is 1. The first-order chi connectivity index (χ1) is 14.4. The van der Waals surface area contributed by atoms with E-state index in [9.17, 15) is 29.6 Å². The van der Waals surface area contributed by atoms with E-state index < -0.39 is 29.3 Å². The molecule has 0 aromatic heterocycles. The van der Waals surface area contributed by atoms with E-state index in [0.29, 0.717) is 5.39 Å². The van der Waals surface area contributed by atoms with Gasteiger partial charge in [-0.15, -0.1) is 0 Å². The fourth-order valence-corrected chi connectivity index (χ4v) is 2.62. The SMILES string of the molecule is O=C(COC(=O)c1ccc2ccccc2c1O)NNC(=O)c1cccc([N+](=O)[O-])c1. The first kappa shape index (κ1) is 20.3.